The molecule has 4 nitrogen and oxygen atoms in total. The van der Waals surface area contributed by atoms with E-state index in [1.54, 1.807) is 11.3 Å². The van der Waals surface area contributed by atoms with Crippen molar-refractivity contribution in [3.8, 4) is 5.75 Å². The van der Waals surface area contributed by atoms with Crippen LogP contribution in [0.3, 0.4) is 0 Å². The monoisotopic (exact) mass is 378 g/mol. The van der Waals surface area contributed by atoms with E-state index in [4.69, 9.17) is 16.3 Å². The van der Waals surface area contributed by atoms with Crippen LogP contribution in [0.25, 0.3) is 0 Å². The molecule has 134 valence electrons. The molecule has 1 aromatic heterocycles. The van der Waals surface area contributed by atoms with E-state index in [1.807, 2.05) is 42.2 Å². The standard InChI is InChI=1S/C19H23ClN2O2S/c1-2-24-16-5-3-15(4-6-16)13-19(23)22-11-9-21(10-12-22)14-17-7-8-18(20)25-17/h3-8H,2,9-14H2,1H3. The topological polar surface area (TPSA) is 32.8 Å². The Balaban J connectivity index is 1.46. The smallest absolute Gasteiger partial charge is 0.227 e. The largest absolute Gasteiger partial charge is 0.494 e. The van der Waals surface area contributed by atoms with E-state index in [0.29, 0.717) is 13.0 Å². The Morgan fingerprint density at radius 1 is 1.12 bits per heavy atom. The minimum Gasteiger partial charge on any atom is -0.494 e. The van der Waals surface area contributed by atoms with Crippen LogP contribution in [0, 0.1) is 0 Å². The molecule has 0 aliphatic carbocycles. The Bertz CT molecular complexity index is 694. The first-order valence-corrected chi connectivity index (χ1v) is 9.79. The molecule has 3 rings (SSSR count). The van der Waals surface area contributed by atoms with Gasteiger partial charge in [-0.3, -0.25) is 9.69 Å². The van der Waals surface area contributed by atoms with Crippen molar-refractivity contribution in [1.82, 2.24) is 9.80 Å². The maximum absolute atomic E-state index is 12.5. The number of rotatable bonds is 6. The second-order valence-electron chi connectivity index (χ2n) is 6.12. The van der Waals surface area contributed by atoms with Gasteiger partial charge in [-0.15, -0.1) is 11.3 Å². The highest BCUT2D eigenvalue weighted by atomic mass is 35.5. The summed E-state index contributed by atoms with van der Waals surface area (Å²) < 4.78 is 6.27. The number of thiophene rings is 1. The summed E-state index contributed by atoms with van der Waals surface area (Å²) >= 11 is 7.61. The summed E-state index contributed by atoms with van der Waals surface area (Å²) in [5, 5.41) is 0. The number of hydrogen-bond acceptors (Lipinski definition) is 4. The van der Waals surface area contributed by atoms with Crippen LogP contribution in [-0.4, -0.2) is 48.5 Å². The molecule has 25 heavy (non-hydrogen) atoms. The number of carbonyl (C=O) groups is 1. The van der Waals surface area contributed by atoms with Crippen LogP contribution < -0.4 is 4.74 Å². The molecule has 0 radical (unpaired) electrons. The van der Waals surface area contributed by atoms with Gasteiger partial charge in [-0.2, -0.15) is 0 Å². The van der Waals surface area contributed by atoms with Gasteiger partial charge in [0, 0.05) is 37.6 Å². The molecule has 0 spiro atoms. The van der Waals surface area contributed by atoms with Gasteiger partial charge in [-0.1, -0.05) is 23.7 Å². The molecule has 6 heteroatoms. The Kier molecular flexibility index (Phi) is 6.34. The van der Waals surface area contributed by atoms with Gasteiger partial charge in [-0.05, 0) is 36.8 Å². The molecule has 1 aliphatic heterocycles. The number of hydrogen-bond donors (Lipinski definition) is 0. The lowest BCUT2D eigenvalue weighted by molar-refractivity contribution is -0.132. The van der Waals surface area contributed by atoms with Crippen molar-refractivity contribution >= 4 is 28.8 Å². The van der Waals surface area contributed by atoms with Crippen molar-refractivity contribution in [1.29, 1.82) is 0 Å². The minimum absolute atomic E-state index is 0.197. The van der Waals surface area contributed by atoms with E-state index >= 15 is 0 Å². The SMILES string of the molecule is CCOc1ccc(CC(=O)N2CCN(Cc3ccc(Cl)s3)CC2)cc1. The highest BCUT2D eigenvalue weighted by Gasteiger charge is 2.21. The van der Waals surface area contributed by atoms with Gasteiger partial charge >= 0.3 is 0 Å². The minimum atomic E-state index is 0.197. The molecule has 1 saturated heterocycles. The second kappa shape index (κ2) is 8.70. The lowest BCUT2D eigenvalue weighted by Gasteiger charge is -2.34. The van der Waals surface area contributed by atoms with Crippen LogP contribution in [0.4, 0.5) is 0 Å². The summed E-state index contributed by atoms with van der Waals surface area (Å²) in [4.78, 5) is 18.1. The predicted octanol–water partition coefficient (Wildman–Crippen LogP) is 3.69. The summed E-state index contributed by atoms with van der Waals surface area (Å²) in [6.07, 6.45) is 0.451. The maximum Gasteiger partial charge on any atom is 0.227 e. The van der Waals surface area contributed by atoms with E-state index in [9.17, 15) is 4.79 Å². The molecular formula is C19H23ClN2O2S. The average molecular weight is 379 g/mol. The average Bonchev–Trinajstić information content (AvgIpc) is 3.02. The van der Waals surface area contributed by atoms with Crippen molar-refractivity contribution in [3.63, 3.8) is 0 Å². The first-order valence-electron chi connectivity index (χ1n) is 8.60. The van der Waals surface area contributed by atoms with Gasteiger partial charge in [0.25, 0.3) is 0 Å². The summed E-state index contributed by atoms with van der Waals surface area (Å²) in [5.41, 5.74) is 1.03. The second-order valence-corrected chi connectivity index (χ2v) is 7.92. The number of piperazine rings is 1. The lowest BCUT2D eigenvalue weighted by atomic mass is 10.1. The Morgan fingerprint density at radius 2 is 1.84 bits per heavy atom. The molecule has 0 atom stereocenters. The van der Waals surface area contributed by atoms with Crippen LogP contribution in [0.15, 0.2) is 36.4 Å². The summed E-state index contributed by atoms with van der Waals surface area (Å²) in [5.74, 6) is 1.05. The van der Waals surface area contributed by atoms with E-state index in [2.05, 4.69) is 11.0 Å². The number of benzene rings is 1. The summed E-state index contributed by atoms with van der Waals surface area (Å²) in [7, 11) is 0. The van der Waals surface area contributed by atoms with Crippen LogP contribution in [0.1, 0.15) is 17.4 Å². The molecule has 2 heterocycles. The third-order valence-electron chi connectivity index (χ3n) is 4.32. The number of carbonyl (C=O) groups excluding carboxylic acids is 1. The van der Waals surface area contributed by atoms with Gasteiger partial charge in [0.05, 0.1) is 17.4 Å². The van der Waals surface area contributed by atoms with Crippen LogP contribution in [0.5, 0.6) is 5.75 Å². The molecule has 0 unspecified atom stereocenters. The highest BCUT2D eigenvalue weighted by Crippen LogP contribution is 2.23. The number of halogens is 1. The van der Waals surface area contributed by atoms with Crippen molar-refractivity contribution in [2.24, 2.45) is 0 Å². The first-order chi connectivity index (χ1) is 12.1. The van der Waals surface area contributed by atoms with Crippen molar-refractivity contribution in [2.75, 3.05) is 32.8 Å². The first kappa shape index (κ1) is 18.2. The number of nitrogens with zero attached hydrogens (tertiary/aromatic N) is 2. The lowest BCUT2D eigenvalue weighted by Crippen LogP contribution is -2.48. The van der Waals surface area contributed by atoms with Gasteiger partial charge in [-0.25, -0.2) is 0 Å². The van der Waals surface area contributed by atoms with Crippen molar-refractivity contribution in [3.05, 3.63) is 51.2 Å². The molecule has 0 N–H and O–H groups in total. The fourth-order valence-corrected chi connectivity index (χ4v) is 4.10. The molecule has 1 amide bonds. The summed E-state index contributed by atoms with van der Waals surface area (Å²) in [6.45, 7) is 6.92. The summed E-state index contributed by atoms with van der Waals surface area (Å²) in [6, 6.07) is 11.8. The van der Waals surface area contributed by atoms with Crippen LogP contribution in [0.2, 0.25) is 4.34 Å². The van der Waals surface area contributed by atoms with E-state index < -0.39 is 0 Å². The molecule has 0 bridgehead atoms. The molecular weight excluding hydrogens is 356 g/mol. The Labute approximate surface area is 158 Å². The van der Waals surface area contributed by atoms with Gasteiger partial charge in [0.1, 0.15) is 5.75 Å². The van der Waals surface area contributed by atoms with Crippen molar-refractivity contribution < 1.29 is 9.53 Å². The third-order valence-corrected chi connectivity index (χ3v) is 5.54. The normalized spacial score (nSPS) is 15.4. The van der Waals surface area contributed by atoms with Gasteiger partial charge in [0.15, 0.2) is 0 Å². The molecule has 2 aromatic rings. The third kappa shape index (κ3) is 5.21. The number of amides is 1. The zero-order valence-electron chi connectivity index (χ0n) is 14.4. The fraction of sp³-hybridized carbons (Fsp3) is 0.421. The van der Waals surface area contributed by atoms with E-state index in [-0.39, 0.29) is 5.91 Å². The quantitative estimate of drug-likeness (QED) is 0.768. The Morgan fingerprint density at radius 3 is 2.44 bits per heavy atom. The van der Waals surface area contributed by atoms with E-state index in [0.717, 1.165) is 48.4 Å². The van der Waals surface area contributed by atoms with Gasteiger partial charge in [0.2, 0.25) is 5.91 Å². The van der Waals surface area contributed by atoms with E-state index in [1.165, 1.54) is 4.88 Å². The molecule has 1 aliphatic rings. The molecule has 0 saturated carbocycles. The highest BCUT2D eigenvalue weighted by molar-refractivity contribution is 7.16. The van der Waals surface area contributed by atoms with Crippen molar-refractivity contribution in [2.45, 2.75) is 19.9 Å². The predicted molar refractivity (Wildman–Crippen MR) is 103 cm³/mol. The molecule has 1 aromatic carbocycles. The van der Waals surface area contributed by atoms with Crippen LogP contribution in [-0.2, 0) is 17.8 Å². The Hall–Kier alpha value is -1.56. The maximum atomic E-state index is 12.5. The molecule has 1 fully saturated rings. The van der Waals surface area contributed by atoms with Gasteiger partial charge < -0.3 is 9.64 Å². The van der Waals surface area contributed by atoms with Crippen LogP contribution >= 0.6 is 22.9 Å². The zero-order chi connectivity index (χ0) is 17.6. The zero-order valence-corrected chi connectivity index (χ0v) is 16.0. The fourth-order valence-electron chi connectivity index (χ4n) is 2.97. The number of ether oxygens (including phenoxy) is 1.